The van der Waals surface area contributed by atoms with Gasteiger partial charge in [0.1, 0.15) is 17.6 Å². The van der Waals surface area contributed by atoms with E-state index in [1.54, 1.807) is 18.2 Å². The summed E-state index contributed by atoms with van der Waals surface area (Å²) in [6, 6.07) is 9.87. The summed E-state index contributed by atoms with van der Waals surface area (Å²) in [5, 5.41) is 22.4. The van der Waals surface area contributed by atoms with Crippen LogP contribution in [0.4, 0.5) is 4.39 Å². The number of benzene rings is 2. The van der Waals surface area contributed by atoms with Crippen LogP contribution in [0.5, 0.6) is 5.75 Å². The van der Waals surface area contributed by atoms with Crippen LogP contribution >= 0.6 is 0 Å². The van der Waals surface area contributed by atoms with Gasteiger partial charge in [0.25, 0.3) is 5.89 Å². The summed E-state index contributed by atoms with van der Waals surface area (Å²) in [5.41, 5.74) is 3.69. The highest BCUT2D eigenvalue weighted by Gasteiger charge is 2.23. The van der Waals surface area contributed by atoms with Crippen LogP contribution in [0.1, 0.15) is 43.4 Å². The van der Waals surface area contributed by atoms with Gasteiger partial charge in [0.05, 0.1) is 11.7 Å². The third kappa shape index (κ3) is 4.23. The summed E-state index contributed by atoms with van der Waals surface area (Å²) < 4.78 is 25.4. The van der Waals surface area contributed by atoms with E-state index in [0.29, 0.717) is 40.8 Å². The molecule has 0 fully saturated rings. The van der Waals surface area contributed by atoms with Gasteiger partial charge < -0.3 is 14.4 Å². The lowest BCUT2D eigenvalue weighted by atomic mass is 9.97. The SMILES string of the molecule is CC(C)Oc1ccc(-c2nc(-c3cc(F)cc4c3CC=C4CCC(=O)O)no2)cc1C#N. The third-order valence-electron chi connectivity index (χ3n) is 5.10. The smallest absolute Gasteiger partial charge is 0.303 e. The van der Waals surface area contributed by atoms with Gasteiger partial charge in [0, 0.05) is 17.5 Å². The number of carboxylic acid groups (broad SMARTS) is 1. The normalized spacial score (nSPS) is 12.4. The fraction of sp³-hybridized carbons (Fsp3) is 0.250. The van der Waals surface area contributed by atoms with Crippen LogP contribution in [0.3, 0.4) is 0 Å². The number of rotatable bonds is 7. The molecular formula is C24H20FN3O4. The van der Waals surface area contributed by atoms with E-state index in [0.717, 1.165) is 11.1 Å². The lowest BCUT2D eigenvalue weighted by molar-refractivity contribution is -0.136. The van der Waals surface area contributed by atoms with Crippen molar-refractivity contribution in [1.82, 2.24) is 10.1 Å². The van der Waals surface area contributed by atoms with Crippen LogP contribution in [0.15, 0.2) is 40.9 Å². The second-order valence-electron chi connectivity index (χ2n) is 7.72. The van der Waals surface area contributed by atoms with Crippen molar-refractivity contribution in [2.24, 2.45) is 0 Å². The Hall–Kier alpha value is -3.99. The third-order valence-corrected chi connectivity index (χ3v) is 5.10. The van der Waals surface area contributed by atoms with E-state index in [1.807, 2.05) is 19.9 Å². The lowest BCUT2D eigenvalue weighted by Crippen LogP contribution is -2.06. The first kappa shape index (κ1) is 21.2. The molecule has 0 aliphatic heterocycles. The van der Waals surface area contributed by atoms with E-state index in [1.165, 1.54) is 12.1 Å². The Balaban J connectivity index is 1.66. The monoisotopic (exact) mass is 433 g/mol. The molecule has 0 saturated carbocycles. The molecule has 4 rings (SSSR count). The molecule has 2 aromatic carbocycles. The summed E-state index contributed by atoms with van der Waals surface area (Å²) in [6.45, 7) is 3.75. The first-order chi connectivity index (χ1) is 15.4. The molecule has 0 spiro atoms. The zero-order chi connectivity index (χ0) is 22.8. The van der Waals surface area contributed by atoms with Gasteiger partial charge >= 0.3 is 5.97 Å². The molecule has 32 heavy (non-hydrogen) atoms. The largest absolute Gasteiger partial charge is 0.490 e. The number of aromatic nitrogens is 2. The Bertz CT molecular complexity index is 1270. The molecule has 0 radical (unpaired) electrons. The van der Waals surface area contributed by atoms with Crippen LogP contribution < -0.4 is 4.74 Å². The number of nitriles is 1. The van der Waals surface area contributed by atoms with Crippen LogP contribution in [0, 0.1) is 17.1 Å². The van der Waals surface area contributed by atoms with Gasteiger partial charge in [0.15, 0.2) is 0 Å². The van der Waals surface area contributed by atoms with Crippen molar-refractivity contribution >= 4 is 11.5 Å². The summed E-state index contributed by atoms with van der Waals surface area (Å²) in [4.78, 5) is 15.3. The van der Waals surface area contributed by atoms with Gasteiger partial charge in [0.2, 0.25) is 5.82 Å². The predicted molar refractivity (Wildman–Crippen MR) is 114 cm³/mol. The Kier molecular flexibility index (Phi) is 5.73. The molecule has 1 aliphatic carbocycles. The summed E-state index contributed by atoms with van der Waals surface area (Å²) in [5.74, 6) is -0.475. The minimum absolute atomic E-state index is 0.0266. The summed E-state index contributed by atoms with van der Waals surface area (Å²) in [6.07, 6.45) is 2.66. The van der Waals surface area contributed by atoms with E-state index >= 15 is 0 Å². The van der Waals surface area contributed by atoms with Gasteiger partial charge in [-0.25, -0.2) is 4.39 Å². The quantitative estimate of drug-likeness (QED) is 0.558. The van der Waals surface area contributed by atoms with Crippen molar-refractivity contribution < 1.29 is 23.6 Å². The van der Waals surface area contributed by atoms with E-state index < -0.39 is 11.8 Å². The Morgan fingerprint density at radius 3 is 2.81 bits per heavy atom. The van der Waals surface area contributed by atoms with E-state index in [4.69, 9.17) is 14.4 Å². The van der Waals surface area contributed by atoms with Gasteiger partial charge in [-0.3, -0.25) is 4.79 Å². The van der Waals surface area contributed by atoms with Gasteiger partial charge in [-0.05, 0) is 73.7 Å². The van der Waals surface area contributed by atoms with Crippen molar-refractivity contribution in [3.63, 3.8) is 0 Å². The zero-order valence-electron chi connectivity index (χ0n) is 17.6. The van der Waals surface area contributed by atoms with Crippen LogP contribution in [-0.4, -0.2) is 27.3 Å². The minimum atomic E-state index is -0.902. The van der Waals surface area contributed by atoms with E-state index in [9.17, 15) is 14.4 Å². The predicted octanol–water partition coefficient (Wildman–Crippen LogP) is 5.01. The number of aliphatic carboxylic acids is 1. The van der Waals surface area contributed by atoms with E-state index in [-0.39, 0.29) is 24.2 Å². The maximum Gasteiger partial charge on any atom is 0.303 e. The molecule has 0 atom stereocenters. The van der Waals surface area contributed by atoms with Crippen molar-refractivity contribution in [2.45, 2.75) is 39.2 Å². The number of hydrogen-bond acceptors (Lipinski definition) is 6. The van der Waals surface area contributed by atoms with Gasteiger partial charge in [-0.2, -0.15) is 10.2 Å². The maximum atomic E-state index is 14.4. The Morgan fingerprint density at radius 2 is 2.09 bits per heavy atom. The summed E-state index contributed by atoms with van der Waals surface area (Å²) in [7, 11) is 0. The molecule has 1 aliphatic rings. The standard InChI is InChI=1S/C24H20FN3O4/c1-13(2)31-21-7-4-15(9-16(21)12-26)24-27-23(28-32-24)20-11-17(25)10-19-14(3-6-18(19)20)5-8-22(29)30/h3-4,7,9-11,13H,5-6,8H2,1-2H3,(H,29,30). The lowest BCUT2D eigenvalue weighted by Gasteiger charge is -2.11. The number of halogens is 1. The Labute approximate surface area is 183 Å². The number of nitrogens with zero attached hydrogens (tertiary/aromatic N) is 3. The number of allylic oxidation sites excluding steroid dienone is 2. The van der Waals surface area contributed by atoms with Crippen LogP contribution in [-0.2, 0) is 11.2 Å². The molecule has 1 N–H and O–H groups in total. The van der Waals surface area contributed by atoms with Crippen molar-refractivity contribution in [2.75, 3.05) is 0 Å². The first-order valence-corrected chi connectivity index (χ1v) is 10.1. The highest BCUT2D eigenvalue weighted by atomic mass is 19.1. The molecule has 1 aromatic heterocycles. The van der Waals surface area contributed by atoms with Gasteiger partial charge in [-0.15, -0.1) is 0 Å². The van der Waals surface area contributed by atoms with Crippen LogP contribution in [0.2, 0.25) is 0 Å². The molecule has 7 nitrogen and oxygen atoms in total. The molecule has 0 saturated heterocycles. The molecule has 0 amide bonds. The minimum Gasteiger partial charge on any atom is -0.490 e. The number of carbonyl (C=O) groups is 1. The second kappa shape index (κ2) is 8.63. The van der Waals surface area contributed by atoms with E-state index in [2.05, 4.69) is 16.2 Å². The molecule has 3 aromatic rings. The van der Waals surface area contributed by atoms with Crippen LogP contribution in [0.25, 0.3) is 28.4 Å². The number of hydrogen-bond donors (Lipinski definition) is 1. The fourth-order valence-corrected chi connectivity index (χ4v) is 3.71. The Morgan fingerprint density at radius 1 is 1.31 bits per heavy atom. The molecule has 0 bridgehead atoms. The topological polar surface area (TPSA) is 109 Å². The molecule has 1 heterocycles. The fourth-order valence-electron chi connectivity index (χ4n) is 3.71. The van der Waals surface area contributed by atoms with Gasteiger partial charge in [-0.1, -0.05) is 11.2 Å². The first-order valence-electron chi connectivity index (χ1n) is 10.1. The highest BCUT2D eigenvalue weighted by molar-refractivity contribution is 5.81. The van der Waals surface area contributed by atoms with Crippen molar-refractivity contribution in [3.8, 4) is 34.7 Å². The molecule has 162 valence electrons. The molecule has 0 unspecified atom stereocenters. The second-order valence-corrected chi connectivity index (χ2v) is 7.72. The van der Waals surface area contributed by atoms with Crippen molar-refractivity contribution in [3.05, 3.63) is 58.9 Å². The molecule has 8 heteroatoms. The number of carboxylic acids is 1. The zero-order valence-corrected chi connectivity index (χ0v) is 17.6. The average molecular weight is 433 g/mol. The highest BCUT2D eigenvalue weighted by Crippen LogP contribution is 2.38. The number of ether oxygens (including phenoxy) is 1. The molecular weight excluding hydrogens is 413 g/mol. The summed E-state index contributed by atoms with van der Waals surface area (Å²) >= 11 is 0. The van der Waals surface area contributed by atoms with Crippen molar-refractivity contribution in [1.29, 1.82) is 5.26 Å². The average Bonchev–Trinajstić information content (AvgIpc) is 3.39. The maximum absolute atomic E-state index is 14.4. The number of fused-ring (bicyclic) bond motifs is 1.